The highest BCUT2D eigenvalue weighted by atomic mass is 35.5. The van der Waals surface area contributed by atoms with E-state index in [4.69, 9.17) is 54.0 Å². The fourth-order valence-electron chi connectivity index (χ4n) is 7.83. The number of aromatic nitrogens is 1. The molecule has 0 spiro atoms. The molecule has 11 nitrogen and oxygen atoms in total. The summed E-state index contributed by atoms with van der Waals surface area (Å²) in [5.74, 6) is 0.236. The summed E-state index contributed by atoms with van der Waals surface area (Å²) in [5.41, 5.74) is 1.41. The van der Waals surface area contributed by atoms with Crippen molar-refractivity contribution in [3.63, 3.8) is 0 Å². The van der Waals surface area contributed by atoms with Crippen LogP contribution < -0.4 is 9.64 Å². The zero-order chi connectivity index (χ0) is 44.4. The number of amides is 3. The molecule has 0 radical (unpaired) electrons. The number of rotatable bonds is 12. The zero-order valence-electron chi connectivity index (χ0n) is 35.9. The third-order valence-corrected chi connectivity index (χ3v) is 11.7. The molecule has 3 aromatic rings. The Labute approximate surface area is 372 Å². The first kappa shape index (κ1) is 46.4. The Morgan fingerprint density at radius 3 is 2.15 bits per heavy atom. The van der Waals surface area contributed by atoms with Crippen molar-refractivity contribution in [1.82, 2.24) is 19.7 Å². The minimum absolute atomic E-state index is 0.0441. The summed E-state index contributed by atoms with van der Waals surface area (Å²) >= 11 is 19.7. The number of hydrogen-bond acceptors (Lipinski definition) is 8. The fourth-order valence-corrected chi connectivity index (χ4v) is 8.69. The van der Waals surface area contributed by atoms with E-state index in [1.54, 1.807) is 43.9 Å². The Bertz CT molecular complexity index is 2040. The number of aryl methyl sites for hydroxylation is 1. The molecule has 0 bridgehead atoms. The van der Waals surface area contributed by atoms with Crippen LogP contribution >= 0.6 is 34.8 Å². The van der Waals surface area contributed by atoms with Crippen molar-refractivity contribution in [3.05, 3.63) is 86.0 Å². The van der Waals surface area contributed by atoms with E-state index in [2.05, 4.69) is 4.90 Å². The summed E-state index contributed by atoms with van der Waals surface area (Å²) in [6, 6.07) is 12.7. The number of alkyl halides is 2. The number of ether oxygens (including phenoxy) is 3. The van der Waals surface area contributed by atoms with Crippen molar-refractivity contribution in [3.8, 4) is 5.75 Å². The van der Waals surface area contributed by atoms with E-state index in [-0.39, 0.29) is 43.6 Å². The summed E-state index contributed by atoms with van der Waals surface area (Å²) in [6.07, 6.45) is 0.445. The minimum Gasteiger partial charge on any atom is -0.485 e. The van der Waals surface area contributed by atoms with Crippen LogP contribution in [0.4, 0.5) is 24.2 Å². The minimum atomic E-state index is -2.77. The van der Waals surface area contributed by atoms with Gasteiger partial charge in [-0.25, -0.2) is 23.4 Å². The third-order valence-electron chi connectivity index (χ3n) is 10.8. The van der Waals surface area contributed by atoms with E-state index in [0.29, 0.717) is 51.5 Å². The van der Waals surface area contributed by atoms with Gasteiger partial charge in [-0.15, -0.1) is 0 Å². The Hall–Kier alpha value is -4.07. The maximum absolute atomic E-state index is 15.0. The lowest BCUT2D eigenvalue weighted by Gasteiger charge is -2.40. The van der Waals surface area contributed by atoms with Crippen LogP contribution in [0.15, 0.2) is 48.7 Å². The smallest absolute Gasteiger partial charge is 0.410 e. The van der Waals surface area contributed by atoms with Crippen LogP contribution in [0.3, 0.4) is 0 Å². The first-order chi connectivity index (χ1) is 28.6. The summed E-state index contributed by atoms with van der Waals surface area (Å²) in [6.45, 7) is 13.4. The molecule has 3 aliphatic rings. The number of hydrogen-bond donors (Lipinski definition) is 0. The van der Waals surface area contributed by atoms with Crippen molar-refractivity contribution in [2.45, 2.75) is 123 Å². The predicted octanol–water partition coefficient (Wildman–Crippen LogP) is 10.5. The molecule has 2 aliphatic heterocycles. The number of nitrogens with zero attached hydrogens (tertiary/aromatic N) is 5. The normalized spacial score (nSPS) is 19.5. The Morgan fingerprint density at radius 2 is 1.54 bits per heavy atom. The van der Waals surface area contributed by atoms with E-state index in [9.17, 15) is 23.2 Å². The van der Waals surface area contributed by atoms with E-state index < -0.39 is 42.3 Å². The van der Waals surface area contributed by atoms with Gasteiger partial charge in [0.1, 0.15) is 23.1 Å². The molecule has 1 aromatic heterocycles. The average Bonchev–Trinajstić information content (AvgIpc) is 3.90. The number of carbonyl (C=O) groups excluding carboxylic acids is 3. The monoisotopic (exact) mass is 905 g/mol. The topological polar surface area (TPSA) is 105 Å². The van der Waals surface area contributed by atoms with Gasteiger partial charge in [0, 0.05) is 62.3 Å². The molecule has 332 valence electrons. The van der Waals surface area contributed by atoms with Crippen LogP contribution in [0.1, 0.15) is 95.4 Å². The summed E-state index contributed by atoms with van der Waals surface area (Å²) < 4.78 is 44.6. The first-order valence-electron chi connectivity index (χ1n) is 20.8. The van der Waals surface area contributed by atoms with Crippen molar-refractivity contribution in [2.24, 2.45) is 5.92 Å². The van der Waals surface area contributed by atoms with Gasteiger partial charge in [-0.3, -0.25) is 9.69 Å². The molecule has 16 heteroatoms. The highest BCUT2D eigenvalue weighted by molar-refractivity contribution is 6.37. The van der Waals surface area contributed by atoms with Gasteiger partial charge < -0.3 is 28.9 Å². The van der Waals surface area contributed by atoms with Crippen molar-refractivity contribution < 1.29 is 37.4 Å². The van der Waals surface area contributed by atoms with Gasteiger partial charge in [-0.1, -0.05) is 53.0 Å². The SMILES string of the molecule is Cc1cc(Cl)c(O[C@@H]2CCN(c3ccc([C@H]4CCN(C(=O)OC(C)(C)C)C[C@@H]4C(=O)N(Cc4cc(CN(CC(F)F)C(=O)OC(C)(C)C)ccc4Cl)C4CC4)cn3)C2)c(Cl)c1. The Balaban J connectivity index is 1.21. The Kier molecular flexibility index (Phi) is 14.6. The summed E-state index contributed by atoms with van der Waals surface area (Å²) in [4.78, 5) is 52.7. The number of pyridine rings is 1. The summed E-state index contributed by atoms with van der Waals surface area (Å²) in [5, 5.41) is 1.34. The molecule has 0 unspecified atom stereocenters. The van der Waals surface area contributed by atoms with Crippen LogP contribution in [0.2, 0.25) is 15.1 Å². The van der Waals surface area contributed by atoms with Crippen LogP contribution in [-0.2, 0) is 27.4 Å². The molecule has 61 heavy (non-hydrogen) atoms. The molecule has 1 aliphatic carbocycles. The van der Waals surface area contributed by atoms with E-state index in [0.717, 1.165) is 47.7 Å². The molecule has 3 atom stereocenters. The quantitative estimate of drug-likeness (QED) is 0.177. The fraction of sp³-hybridized carbons (Fsp3) is 0.556. The molecular weight excluding hydrogens is 851 g/mol. The number of benzene rings is 2. The number of likely N-dealkylation sites (tertiary alicyclic amines) is 1. The summed E-state index contributed by atoms with van der Waals surface area (Å²) in [7, 11) is 0. The van der Waals surface area contributed by atoms with E-state index in [1.807, 2.05) is 63.1 Å². The highest BCUT2D eigenvalue weighted by Crippen LogP contribution is 2.40. The molecule has 2 saturated heterocycles. The van der Waals surface area contributed by atoms with Gasteiger partial charge in [0.25, 0.3) is 6.43 Å². The van der Waals surface area contributed by atoms with Gasteiger partial charge in [0.2, 0.25) is 5.91 Å². The van der Waals surface area contributed by atoms with Crippen molar-refractivity contribution >= 4 is 58.7 Å². The number of piperidine rings is 1. The number of anilines is 1. The van der Waals surface area contributed by atoms with Gasteiger partial charge in [-0.05, 0) is 114 Å². The molecule has 3 fully saturated rings. The predicted molar refractivity (Wildman–Crippen MR) is 233 cm³/mol. The molecule has 1 saturated carbocycles. The molecule has 6 rings (SSSR count). The van der Waals surface area contributed by atoms with Gasteiger partial charge in [0.15, 0.2) is 5.75 Å². The second-order valence-electron chi connectivity index (χ2n) is 18.3. The molecule has 3 heterocycles. The molecule has 0 N–H and O–H groups in total. The average molecular weight is 907 g/mol. The molecule has 2 aromatic carbocycles. The van der Waals surface area contributed by atoms with Gasteiger partial charge in [-0.2, -0.15) is 0 Å². The second-order valence-corrected chi connectivity index (χ2v) is 19.5. The van der Waals surface area contributed by atoms with Crippen molar-refractivity contribution in [1.29, 1.82) is 0 Å². The highest BCUT2D eigenvalue weighted by Gasteiger charge is 2.44. The maximum Gasteiger partial charge on any atom is 0.410 e. The van der Waals surface area contributed by atoms with Crippen molar-refractivity contribution in [2.75, 3.05) is 37.6 Å². The van der Waals surface area contributed by atoms with Crippen LogP contribution in [-0.4, -0.2) is 100 Å². The van der Waals surface area contributed by atoms with Crippen LogP contribution in [0, 0.1) is 12.8 Å². The second kappa shape index (κ2) is 19.1. The van der Waals surface area contributed by atoms with Crippen LogP contribution in [0.25, 0.3) is 0 Å². The Morgan fingerprint density at radius 1 is 0.852 bits per heavy atom. The van der Waals surface area contributed by atoms with E-state index in [1.165, 1.54) is 0 Å². The maximum atomic E-state index is 15.0. The lowest BCUT2D eigenvalue weighted by Crippen LogP contribution is -2.51. The zero-order valence-corrected chi connectivity index (χ0v) is 38.1. The van der Waals surface area contributed by atoms with Gasteiger partial charge in [0.05, 0.1) is 29.1 Å². The van der Waals surface area contributed by atoms with E-state index >= 15 is 0 Å². The van der Waals surface area contributed by atoms with Crippen LogP contribution in [0.5, 0.6) is 5.75 Å². The lowest BCUT2D eigenvalue weighted by atomic mass is 9.80. The first-order valence-corrected chi connectivity index (χ1v) is 21.9. The molecule has 3 amide bonds. The lowest BCUT2D eigenvalue weighted by molar-refractivity contribution is -0.139. The standard InChI is InChI=1S/C45H56Cl3F2N5O6/c1-27-18-36(47)40(37(48)19-27)59-32-14-16-52(24-32)39-13-9-29(21-51-39)33-15-17-53(42(57)60-44(2,3)4)25-34(33)41(56)55(31-10-11-31)23-30-20-28(8-12-35(30)46)22-54(26-38(49)50)43(58)61-45(5,6)7/h8-9,12-13,18-21,31-34,38H,10-11,14-17,22-26H2,1-7H3/t32-,33-,34+/m1/s1. The molecular formula is C45H56Cl3F2N5O6. The largest absolute Gasteiger partial charge is 0.485 e. The third kappa shape index (κ3) is 12.5. The number of carbonyl (C=O) groups is 3. The van der Waals surface area contributed by atoms with Gasteiger partial charge >= 0.3 is 12.2 Å². The number of halogens is 5.